The van der Waals surface area contributed by atoms with Gasteiger partial charge in [-0.3, -0.25) is 4.79 Å². The van der Waals surface area contributed by atoms with Crippen LogP contribution in [0.4, 0.5) is 0 Å². The van der Waals surface area contributed by atoms with E-state index in [1.807, 2.05) is 30.5 Å². The number of carbonyl (C=O) groups is 1. The van der Waals surface area contributed by atoms with Crippen LogP contribution in [0.5, 0.6) is 0 Å². The zero-order valence-electron chi connectivity index (χ0n) is 9.73. The van der Waals surface area contributed by atoms with Crippen molar-refractivity contribution in [2.24, 2.45) is 0 Å². The maximum atomic E-state index is 11.0. The lowest BCUT2D eigenvalue weighted by molar-refractivity contribution is -0.119. The van der Waals surface area contributed by atoms with Gasteiger partial charge >= 0.3 is 0 Å². The second-order valence-corrected chi connectivity index (χ2v) is 4.14. The summed E-state index contributed by atoms with van der Waals surface area (Å²) in [5, 5.41) is 13.1. The van der Waals surface area contributed by atoms with E-state index in [1.165, 1.54) is 6.92 Å². The normalized spacial score (nSPS) is 12.6. The van der Waals surface area contributed by atoms with Gasteiger partial charge in [0, 0.05) is 24.0 Å². The molecule has 4 heteroatoms. The van der Waals surface area contributed by atoms with Crippen molar-refractivity contribution in [1.82, 2.24) is 10.3 Å². The molecule has 2 rings (SSSR count). The van der Waals surface area contributed by atoms with E-state index >= 15 is 0 Å². The lowest BCUT2D eigenvalue weighted by atomic mass is 10.1. The van der Waals surface area contributed by atoms with E-state index in [9.17, 15) is 9.90 Å². The Balaban J connectivity index is 2.19. The number of fused-ring (bicyclic) bond motifs is 1. The highest BCUT2D eigenvalue weighted by molar-refractivity contribution is 5.83. The molecule has 1 heterocycles. The monoisotopic (exact) mass is 232 g/mol. The predicted octanol–water partition coefficient (Wildman–Crippen LogP) is 1.21. The lowest BCUT2D eigenvalue weighted by Gasteiger charge is -2.14. The molecule has 0 saturated heterocycles. The number of aliphatic hydroxyl groups is 1. The molecular formula is C13H16N2O2. The van der Waals surface area contributed by atoms with E-state index in [2.05, 4.69) is 10.3 Å². The number of amides is 1. The van der Waals surface area contributed by atoms with Crippen molar-refractivity contribution in [3.8, 4) is 0 Å². The molecule has 4 nitrogen and oxygen atoms in total. The van der Waals surface area contributed by atoms with Crippen molar-refractivity contribution in [2.45, 2.75) is 19.4 Å². The minimum Gasteiger partial charge on any atom is -0.394 e. The first-order chi connectivity index (χ1) is 8.20. The topological polar surface area (TPSA) is 65.1 Å². The molecule has 1 aromatic heterocycles. The zero-order chi connectivity index (χ0) is 12.3. The summed E-state index contributed by atoms with van der Waals surface area (Å²) in [6.07, 6.45) is 2.55. The van der Waals surface area contributed by atoms with E-state index in [-0.39, 0.29) is 18.6 Å². The number of nitrogens with one attached hydrogen (secondary N) is 2. The van der Waals surface area contributed by atoms with Crippen LogP contribution in [-0.2, 0) is 11.2 Å². The van der Waals surface area contributed by atoms with E-state index in [0.29, 0.717) is 6.42 Å². The number of carbonyl (C=O) groups excluding carboxylic acids is 1. The summed E-state index contributed by atoms with van der Waals surface area (Å²) in [6, 6.07) is 7.76. The Morgan fingerprint density at radius 1 is 1.47 bits per heavy atom. The molecule has 1 unspecified atom stereocenters. The molecule has 90 valence electrons. The highest BCUT2D eigenvalue weighted by Crippen LogP contribution is 2.18. The smallest absolute Gasteiger partial charge is 0.217 e. The molecule has 1 atom stereocenters. The number of hydrogen-bond acceptors (Lipinski definition) is 2. The number of aromatic amines is 1. The molecule has 0 radical (unpaired) electrons. The molecule has 1 aromatic carbocycles. The van der Waals surface area contributed by atoms with Gasteiger partial charge in [-0.1, -0.05) is 18.2 Å². The third-order valence-corrected chi connectivity index (χ3v) is 2.77. The standard InChI is InChI=1S/C13H16N2O2/c1-9(17)15-11(8-16)6-10-7-14-13-5-3-2-4-12(10)13/h2-5,7,11,14,16H,6,8H2,1H3,(H,15,17). The van der Waals surface area contributed by atoms with Crippen molar-refractivity contribution in [1.29, 1.82) is 0 Å². The molecule has 1 amide bonds. The number of hydrogen-bond donors (Lipinski definition) is 3. The number of rotatable bonds is 4. The molecule has 0 aliphatic heterocycles. The van der Waals surface area contributed by atoms with Gasteiger partial charge in [-0.15, -0.1) is 0 Å². The number of para-hydroxylation sites is 1. The summed E-state index contributed by atoms with van der Waals surface area (Å²) in [5.41, 5.74) is 2.18. The van der Waals surface area contributed by atoms with Crippen LogP contribution >= 0.6 is 0 Å². The molecule has 0 bridgehead atoms. The Labute approximate surface area is 99.7 Å². The summed E-state index contributed by atoms with van der Waals surface area (Å²) in [7, 11) is 0. The number of H-pyrrole nitrogens is 1. The van der Waals surface area contributed by atoms with E-state index in [1.54, 1.807) is 0 Å². The first kappa shape index (κ1) is 11.7. The van der Waals surface area contributed by atoms with E-state index < -0.39 is 0 Å². The van der Waals surface area contributed by atoms with Crippen LogP contribution in [-0.4, -0.2) is 28.6 Å². The summed E-state index contributed by atoms with van der Waals surface area (Å²) in [5.74, 6) is -0.121. The van der Waals surface area contributed by atoms with Gasteiger partial charge in [0.25, 0.3) is 0 Å². The number of benzene rings is 1. The second-order valence-electron chi connectivity index (χ2n) is 4.14. The molecule has 17 heavy (non-hydrogen) atoms. The molecule has 0 saturated carbocycles. The third kappa shape index (κ3) is 2.65. The number of aromatic nitrogens is 1. The van der Waals surface area contributed by atoms with Crippen molar-refractivity contribution < 1.29 is 9.90 Å². The van der Waals surface area contributed by atoms with Gasteiger partial charge < -0.3 is 15.4 Å². The largest absolute Gasteiger partial charge is 0.394 e. The van der Waals surface area contributed by atoms with Gasteiger partial charge in [-0.2, -0.15) is 0 Å². The van der Waals surface area contributed by atoms with Gasteiger partial charge in [0.05, 0.1) is 12.6 Å². The highest BCUT2D eigenvalue weighted by atomic mass is 16.3. The molecule has 0 aliphatic carbocycles. The van der Waals surface area contributed by atoms with Gasteiger partial charge in [-0.25, -0.2) is 0 Å². The average Bonchev–Trinajstić information content (AvgIpc) is 2.71. The first-order valence-corrected chi connectivity index (χ1v) is 5.63. The average molecular weight is 232 g/mol. The SMILES string of the molecule is CC(=O)NC(CO)Cc1c[nH]c2ccccc12. The molecule has 2 aromatic rings. The maximum Gasteiger partial charge on any atom is 0.217 e. The second kappa shape index (κ2) is 5.01. The maximum absolute atomic E-state index is 11.0. The van der Waals surface area contributed by atoms with Crippen LogP contribution in [0.2, 0.25) is 0 Å². The van der Waals surface area contributed by atoms with Crippen molar-refractivity contribution in [2.75, 3.05) is 6.61 Å². The fraction of sp³-hybridized carbons (Fsp3) is 0.308. The Kier molecular flexibility index (Phi) is 3.44. The summed E-state index contributed by atoms with van der Waals surface area (Å²) in [6.45, 7) is 1.40. The van der Waals surface area contributed by atoms with Gasteiger partial charge in [0.1, 0.15) is 0 Å². The molecule has 3 N–H and O–H groups in total. The third-order valence-electron chi connectivity index (χ3n) is 2.77. The Morgan fingerprint density at radius 2 is 2.24 bits per heavy atom. The van der Waals surface area contributed by atoms with E-state index in [4.69, 9.17) is 0 Å². The van der Waals surface area contributed by atoms with Crippen molar-refractivity contribution in [3.63, 3.8) is 0 Å². The Morgan fingerprint density at radius 3 is 2.94 bits per heavy atom. The minimum atomic E-state index is -0.230. The highest BCUT2D eigenvalue weighted by Gasteiger charge is 2.12. The fourth-order valence-electron chi connectivity index (χ4n) is 2.01. The van der Waals surface area contributed by atoms with Crippen LogP contribution in [0.3, 0.4) is 0 Å². The summed E-state index contributed by atoms with van der Waals surface area (Å²) in [4.78, 5) is 14.2. The van der Waals surface area contributed by atoms with Crippen LogP contribution in [0, 0.1) is 0 Å². The molecule has 0 aliphatic rings. The quantitative estimate of drug-likeness (QED) is 0.741. The Hall–Kier alpha value is -1.81. The molecule has 0 fully saturated rings. The minimum absolute atomic E-state index is 0.0565. The van der Waals surface area contributed by atoms with Crippen LogP contribution in [0.25, 0.3) is 10.9 Å². The zero-order valence-corrected chi connectivity index (χ0v) is 9.73. The Bertz CT molecular complexity index is 519. The van der Waals surface area contributed by atoms with Gasteiger partial charge in [0.15, 0.2) is 0 Å². The lowest BCUT2D eigenvalue weighted by Crippen LogP contribution is -2.37. The predicted molar refractivity (Wildman–Crippen MR) is 66.7 cm³/mol. The van der Waals surface area contributed by atoms with Crippen LogP contribution in [0.15, 0.2) is 30.5 Å². The summed E-state index contributed by atoms with van der Waals surface area (Å²) < 4.78 is 0. The van der Waals surface area contributed by atoms with Crippen LogP contribution in [0.1, 0.15) is 12.5 Å². The van der Waals surface area contributed by atoms with Crippen LogP contribution < -0.4 is 5.32 Å². The summed E-state index contributed by atoms with van der Waals surface area (Å²) >= 11 is 0. The van der Waals surface area contributed by atoms with Crippen molar-refractivity contribution >= 4 is 16.8 Å². The molecule has 0 spiro atoms. The van der Waals surface area contributed by atoms with Gasteiger partial charge in [0.2, 0.25) is 5.91 Å². The number of aliphatic hydroxyl groups excluding tert-OH is 1. The fourth-order valence-corrected chi connectivity index (χ4v) is 2.01. The van der Waals surface area contributed by atoms with Gasteiger partial charge in [-0.05, 0) is 18.1 Å². The van der Waals surface area contributed by atoms with E-state index in [0.717, 1.165) is 16.5 Å². The first-order valence-electron chi connectivity index (χ1n) is 5.63. The molecular weight excluding hydrogens is 216 g/mol. The van der Waals surface area contributed by atoms with Crippen molar-refractivity contribution in [3.05, 3.63) is 36.0 Å².